The van der Waals surface area contributed by atoms with E-state index in [1.165, 1.54) is 0 Å². The summed E-state index contributed by atoms with van der Waals surface area (Å²) in [5.41, 5.74) is 0. The lowest BCUT2D eigenvalue weighted by atomic mass is 9.90. The molecule has 5 aromatic carbocycles. The molecule has 0 heterocycles. The van der Waals surface area contributed by atoms with Crippen molar-refractivity contribution < 1.29 is 10.2 Å². The summed E-state index contributed by atoms with van der Waals surface area (Å²) in [6, 6.07) is 19.5. The van der Waals surface area contributed by atoms with Crippen molar-refractivity contribution in [1.29, 1.82) is 0 Å². The predicted molar refractivity (Wildman–Crippen MR) is 91.0 cm³/mol. The van der Waals surface area contributed by atoms with Crippen molar-refractivity contribution in [2.45, 2.75) is 0 Å². The van der Waals surface area contributed by atoms with Crippen molar-refractivity contribution in [3.8, 4) is 11.5 Å². The Morgan fingerprint density at radius 1 is 0.500 bits per heavy atom. The number of fused-ring (bicyclic) bond motifs is 2. The van der Waals surface area contributed by atoms with Gasteiger partial charge in [-0.05, 0) is 34.4 Å². The first-order valence-electron chi connectivity index (χ1n) is 7.26. The van der Waals surface area contributed by atoms with Crippen LogP contribution in [-0.2, 0) is 0 Å². The Bertz CT molecular complexity index is 1190. The van der Waals surface area contributed by atoms with Crippen LogP contribution in [0.4, 0.5) is 0 Å². The minimum Gasteiger partial charge on any atom is -0.507 e. The summed E-state index contributed by atoms with van der Waals surface area (Å²) >= 11 is 0. The summed E-state index contributed by atoms with van der Waals surface area (Å²) in [4.78, 5) is 0. The van der Waals surface area contributed by atoms with E-state index in [-0.39, 0.29) is 5.75 Å². The second-order valence-electron chi connectivity index (χ2n) is 5.73. The van der Waals surface area contributed by atoms with Gasteiger partial charge >= 0.3 is 0 Å². The van der Waals surface area contributed by atoms with Gasteiger partial charge in [0.1, 0.15) is 11.5 Å². The van der Waals surface area contributed by atoms with E-state index in [4.69, 9.17) is 0 Å². The van der Waals surface area contributed by atoms with Crippen molar-refractivity contribution in [3.63, 3.8) is 0 Å². The van der Waals surface area contributed by atoms with Gasteiger partial charge in [-0.2, -0.15) is 0 Å². The molecule has 2 heteroatoms. The molecule has 0 fully saturated rings. The van der Waals surface area contributed by atoms with Gasteiger partial charge in [0.05, 0.1) is 0 Å². The summed E-state index contributed by atoms with van der Waals surface area (Å²) in [5.74, 6) is 0.579. The normalized spacial score (nSPS) is 12.0. The Labute approximate surface area is 126 Å². The molecule has 22 heavy (non-hydrogen) atoms. The molecule has 0 unspecified atom stereocenters. The maximum Gasteiger partial charge on any atom is 0.131 e. The van der Waals surface area contributed by atoms with Crippen LogP contribution < -0.4 is 0 Å². The van der Waals surface area contributed by atoms with Crippen LogP contribution in [0.3, 0.4) is 0 Å². The molecule has 0 aliphatic heterocycles. The minimum absolute atomic E-state index is 0.273. The minimum atomic E-state index is 0.273. The highest BCUT2D eigenvalue weighted by Crippen LogP contribution is 2.45. The predicted octanol–water partition coefficient (Wildman–Crippen LogP) is 5.15. The van der Waals surface area contributed by atoms with E-state index < -0.39 is 0 Å². The van der Waals surface area contributed by atoms with E-state index in [0.29, 0.717) is 5.75 Å². The van der Waals surface area contributed by atoms with Gasteiger partial charge in [0.2, 0.25) is 0 Å². The number of phenolic OH excluding ortho intramolecular Hbond substituents is 2. The number of hydrogen-bond acceptors (Lipinski definition) is 2. The van der Waals surface area contributed by atoms with Crippen LogP contribution in [0, 0.1) is 0 Å². The SMILES string of the molecule is Oc1ccc2ccc3c4ccccc4c(O)c4ccc1c2c43. The topological polar surface area (TPSA) is 40.5 Å². The summed E-state index contributed by atoms with van der Waals surface area (Å²) in [6.07, 6.45) is 0. The first kappa shape index (κ1) is 11.6. The molecule has 0 spiro atoms. The van der Waals surface area contributed by atoms with E-state index in [9.17, 15) is 10.2 Å². The van der Waals surface area contributed by atoms with Crippen molar-refractivity contribution in [3.05, 3.63) is 60.7 Å². The molecule has 2 N–H and O–H groups in total. The molecule has 0 saturated carbocycles. The standard InChI is InChI=1S/C20H12O2/c21-17-10-6-11-5-7-13-12-3-1-2-4-14(12)20(22)16-9-8-15(17)18(11)19(13)16/h1-10,21-22H. The number of aromatic hydroxyl groups is 2. The summed E-state index contributed by atoms with van der Waals surface area (Å²) < 4.78 is 0. The van der Waals surface area contributed by atoms with E-state index in [0.717, 1.165) is 43.1 Å². The van der Waals surface area contributed by atoms with Crippen LogP contribution in [0.2, 0.25) is 0 Å². The maximum absolute atomic E-state index is 10.7. The van der Waals surface area contributed by atoms with Crippen LogP contribution in [-0.4, -0.2) is 10.2 Å². The van der Waals surface area contributed by atoms with Gasteiger partial charge in [-0.25, -0.2) is 0 Å². The largest absolute Gasteiger partial charge is 0.507 e. The van der Waals surface area contributed by atoms with Crippen LogP contribution in [0.25, 0.3) is 43.1 Å². The third-order valence-electron chi connectivity index (χ3n) is 4.62. The number of rotatable bonds is 0. The molecule has 0 aromatic heterocycles. The van der Waals surface area contributed by atoms with Crippen molar-refractivity contribution in [1.82, 2.24) is 0 Å². The van der Waals surface area contributed by atoms with Gasteiger partial charge in [0.25, 0.3) is 0 Å². The molecule has 5 aromatic rings. The Balaban J connectivity index is 2.24. The second kappa shape index (κ2) is 3.80. The molecule has 104 valence electrons. The molecule has 0 aliphatic carbocycles. The highest BCUT2D eigenvalue weighted by Gasteiger charge is 2.16. The van der Waals surface area contributed by atoms with Crippen LogP contribution in [0.5, 0.6) is 11.5 Å². The van der Waals surface area contributed by atoms with Gasteiger partial charge in [-0.3, -0.25) is 0 Å². The molecular formula is C20H12O2. The second-order valence-corrected chi connectivity index (χ2v) is 5.73. The molecule has 0 bridgehead atoms. The van der Waals surface area contributed by atoms with Gasteiger partial charge in [-0.15, -0.1) is 0 Å². The third-order valence-corrected chi connectivity index (χ3v) is 4.62. The Kier molecular flexibility index (Phi) is 2.01. The quantitative estimate of drug-likeness (QED) is 0.305. The summed E-state index contributed by atoms with van der Waals surface area (Å²) in [7, 11) is 0. The van der Waals surface area contributed by atoms with Gasteiger partial charge < -0.3 is 10.2 Å². The fourth-order valence-electron chi connectivity index (χ4n) is 3.62. The lowest BCUT2D eigenvalue weighted by Crippen LogP contribution is -1.87. The van der Waals surface area contributed by atoms with Gasteiger partial charge in [0.15, 0.2) is 0 Å². The van der Waals surface area contributed by atoms with Crippen LogP contribution in [0.1, 0.15) is 0 Å². The average molecular weight is 284 g/mol. The third kappa shape index (κ3) is 1.25. The lowest BCUT2D eigenvalue weighted by Gasteiger charge is -2.15. The van der Waals surface area contributed by atoms with Crippen molar-refractivity contribution in [2.75, 3.05) is 0 Å². The maximum atomic E-state index is 10.7. The van der Waals surface area contributed by atoms with E-state index in [2.05, 4.69) is 12.1 Å². The van der Waals surface area contributed by atoms with Crippen molar-refractivity contribution in [2.24, 2.45) is 0 Å². The Morgan fingerprint density at radius 2 is 1.18 bits per heavy atom. The molecule has 0 radical (unpaired) electrons. The Morgan fingerprint density at radius 3 is 2.05 bits per heavy atom. The van der Waals surface area contributed by atoms with E-state index in [1.54, 1.807) is 6.07 Å². The molecular weight excluding hydrogens is 272 g/mol. The number of hydrogen-bond donors (Lipinski definition) is 2. The highest BCUT2D eigenvalue weighted by atomic mass is 16.3. The molecule has 5 rings (SSSR count). The molecule has 0 saturated heterocycles. The first-order chi connectivity index (χ1) is 10.8. The van der Waals surface area contributed by atoms with E-state index >= 15 is 0 Å². The Hall–Kier alpha value is -3.00. The zero-order valence-electron chi connectivity index (χ0n) is 11.7. The molecule has 0 atom stereocenters. The molecule has 2 nitrogen and oxygen atoms in total. The lowest BCUT2D eigenvalue weighted by molar-refractivity contribution is 0.481. The van der Waals surface area contributed by atoms with Crippen LogP contribution in [0.15, 0.2) is 60.7 Å². The highest BCUT2D eigenvalue weighted by molar-refractivity contribution is 6.31. The van der Waals surface area contributed by atoms with Crippen LogP contribution >= 0.6 is 0 Å². The smallest absolute Gasteiger partial charge is 0.131 e. The fourth-order valence-corrected chi connectivity index (χ4v) is 3.62. The molecule has 0 aliphatic rings. The zero-order valence-corrected chi connectivity index (χ0v) is 11.7. The van der Waals surface area contributed by atoms with Gasteiger partial charge in [-0.1, -0.05) is 42.5 Å². The monoisotopic (exact) mass is 284 g/mol. The number of benzene rings is 5. The zero-order chi connectivity index (χ0) is 14.8. The van der Waals surface area contributed by atoms with E-state index in [1.807, 2.05) is 42.5 Å². The first-order valence-corrected chi connectivity index (χ1v) is 7.26. The summed E-state index contributed by atoms with van der Waals surface area (Å²) in [6.45, 7) is 0. The molecule has 0 amide bonds. The average Bonchev–Trinajstić information content (AvgIpc) is 2.57. The summed E-state index contributed by atoms with van der Waals surface area (Å²) in [5, 5.41) is 28.6. The number of phenols is 2. The fraction of sp³-hybridized carbons (Fsp3) is 0. The van der Waals surface area contributed by atoms with Crippen molar-refractivity contribution >= 4 is 43.1 Å². The van der Waals surface area contributed by atoms with Gasteiger partial charge in [0, 0.05) is 26.9 Å².